The first-order valence-corrected chi connectivity index (χ1v) is 10.5. The quantitative estimate of drug-likeness (QED) is 0.468. The average molecular weight is 407 g/mol. The van der Waals surface area contributed by atoms with Crippen molar-refractivity contribution in [1.29, 1.82) is 0 Å². The van der Waals surface area contributed by atoms with Gasteiger partial charge in [-0.3, -0.25) is 4.98 Å². The molecule has 5 nitrogen and oxygen atoms in total. The van der Waals surface area contributed by atoms with Crippen LogP contribution in [0.1, 0.15) is 18.4 Å². The van der Waals surface area contributed by atoms with Gasteiger partial charge in [0.1, 0.15) is 11.3 Å². The predicted molar refractivity (Wildman–Crippen MR) is 124 cm³/mol. The Hall–Kier alpha value is -2.86. The summed E-state index contributed by atoms with van der Waals surface area (Å²) in [5.74, 6) is 0.756. The highest BCUT2D eigenvalue weighted by atomic mass is 32.1. The monoisotopic (exact) mass is 406 g/mol. The molecule has 0 saturated carbocycles. The van der Waals surface area contributed by atoms with Gasteiger partial charge in [-0.15, -0.1) is 0 Å². The van der Waals surface area contributed by atoms with Gasteiger partial charge < -0.3 is 20.3 Å². The third-order valence-corrected chi connectivity index (χ3v) is 5.54. The molecule has 0 unspecified atom stereocenters. The molecule has 0 fully saturated rings. The number of ether oxygens (including phenoxy) is 1. The Morgan fingerprint density at radius 3 is 2.97 bits per heavy atom. The number of benzene rings is 2. The number of anilines is 2. The predicted octanol–water partition coefficient (Wildman–Crippen LogP) is 4.37. The van der Waals surface area contributed by atoms with Gasteiger partial charge >= 0.3 is 0 Å². The van der Waals surface area contributed by atoms with Crippen molar-refractivity contribution >= 4 is 39.6 Å². The summed E-state index contributed by atoms with van der Waals surface area (Å²) in [6.45, 7) is 2.99. The van der Waals surface area contributed by atoms with Crippen molar-refractivity contribution < 1.29 is 4.74 Å². The lowest BCUT2D eigenvalue weighted by Crippen LogP contribution is -2.34. The molecule has 1 aliphatic heterocycles. The van der Waals surface area contributed by atoms with Gasteiger partial charge in [0, 0.05) is 42.6 Å². The van der Waals surface area contributed by atoms with Gasteiger partial charge in [0.05, 0.1) is 7.11 Å². The summed E-state index contributed by atoms with van der Waals surface area (Å²) >= 11 is 5.51. The molecule has 2 heterocycles. The molecule has 0 bridgehead atoms. The minimum absolute atomic E-state index is 0.624. The Balaban J connectivity index is 1.31. The molecule has 2 aromatic carbocycles. The molecule has 3 aromatic rings. The number of aryl methyl sites for hydroxylation is 1. The van der Waals surface area contributed by atoms with E-state index in [1.165, 1.54) is 24.1 Å². The topological polar surface area (TPSA) is 49.4 Å². The Labute approximate surface area is 177 Å². The third-order valence-electron chi connectivity index (χ3n) is 5.30. The summed E-state index contributed by atoms with van der Waals surface area (Å²) in [7, 11) is 1.66. The fourth-order valence-corrected chi connectivity index (χ4v) is 4.11. The number of hydrogen-bond donors (Lipinski definition) is 2. The molecule has 2 N–H and O–H groups in total. The highest BCUT2D eigenvalue weighted by Crippen LogP contribution is 2.29. The van der Waals surface area contributed by atoms with Crippen molar-refractivity contribution in [3.8, 4) is 5.75 Å². The molecule has 1 aromatic heterocycles. The van der Waals surface area contributed by atoms with Crippen molar-refractivity contribution in [3.05, 3.63) is 60.3 Å². The van der Waals surface area contributed by atoms with Crippen LogP contribution in [0.2, 0.25) is 0 Å². The van der Waals surface area contributed by atoms with Crippen LogP contribution in [0.3, 0.4) is 0 Å². The van der Waals surface area contributed by atoms with Crippen LogP contribution in [0, 0.1) is 0 Å². The Morgan fingerprint density at radius 1 is 1.17 bits per heavy atom. The summed E-state index contributed by atoms with van der Waals surface area (Å²) in [4.78, 5) is 6.92. The van der Waals surface area contributed by atoms with E-state index in [-0.39, 0.29) is 0 Å². The normalized spacial score (nSPS) is 13.1. The van der Waals surface area contributed by atoms with Gasteiger partial charge in [0.25, 0.3) is 0 Å². The SMILES string of the molecule is COc1ccc(NC(=S)NCCCN2CCCc3ccccc32)c2cccnc12. The van der Waals surface area contributed by atoms with Gasteiger partial charge in [-0.1, -0.05) is 18.2 Å². The molecule has 150 valence electrons. The van der Waals surface area contributed by atoms with E-state index in [1.807, 2.05) is 24.3 Å². The number of aromatic nitrogens is 1. The Bertz CT molecular complexity index is 1010. The van der Waals surface area contributed by atoms with E-state index < -0.39 is 0 Å². The van der Waals surface area contributed by atoms with E-state index in [9.17, 15) is 0 Å². The fourth-order valence-electron chi connectivity index (χ4n) is 3.90. The molecule has 0 amide bonds. The second-order valence-corrected chi connectivity index (χ2v) is 7.58. The van der Waals surface area contributed by atoms with Crippen LogP contribution in [0.25, 0.3) is 10.9 Å². The lowest BCUT2D eigenvalue weighted by atomic mass is 10.0. The molecule has 29 heavy (non-hydrogen) atoms. The van der Waals surface area contributed by atoms with Crippen LogP contribution in [0.4, 0.5) is 11.4 Å². The van der Waals surface area contributed by atoms with E-state index in [0.29, 0.717) is 5.11 Å². The Morgan fingerprint density at radius 2 is 2.07 bits per heavy atom. The molecule has 6 heteroatoms. The minimum Gasteiger partial charge on any atom is -0.494 e. The summed E-state index contributed by atoms with van der Waals surface area (Å²) < 4.78 is 5.41. The molecule has 1 aliphatic rings. The molecule has 4 rings (SSSR count). The molecule has 0 saturated heterocycles. The van der Waals surface area contributed by atoms with Gasteiger partial charge in [0.2, 0.25) is 0 Å². The average Bonchev–Trinajstić information content (AvgIpc) is 2.77. The first-order chi connectivity index (χ1) is 14.3. The Kier molecular flexibility index (Phi) is 6.10. The maximum Gasteiger partial charge on any atom is 0.170 e. The van der Waals surface area contributed by atoms with E-state index in [2.05, 4.69) is 44.8 Å². The number of hydrogen-bond acceptors (Lipinski definition) is 4. The summed E-state index contributed by atoms with van der Waals surface area (Å²) in [5.41, 5.74) is 4.60. The van der Waals surface area contributed by atoms with Gasteiger partial charge in [-0.2, -0.15) is 0 Å². The first kappa shape index (κ1) is 19.5. The van der Waals surface area contributed by atoms with Crippen molar-refractivity contribution in [2.75, 3.05) is 37.0 Å². The standard InChI is InChI=1S/C23H26N4OS/c1-28-21-12-11-19(18-9-4-13-24-22(18)21)26-23(29)25-14-6-16-27-15-5-8-17-7-2-3-10-20(17)27/h2-4,7,9-13H,5-6,8,14-16H2,1H3,(H2,25,26,29). The smallest absolute Gasteiger partial charge is 0.170 e. The number of para-hydroxylation sites is 1. The number of rotatable bonds is 6. The first-order valence-electron chi connectivity index (χ1n) is 10.1. The van der Waals surface area contributed by atoms with Crippen LogP contribution in [-0.4, -0.2) is 36.8 Å². The van der Waals surface area contributed by atoms with Crippen molar-refractivity contribution in [3.63, 3.8) is 0 Å². The number of thiocarbonyl (C=S) groups is 1. The summed E-state index contributed by atoms with van der Waals surface area (Å²) in [6.07, 6.45) is 5.21. The van der Waals surface area contributed by atoms with Gasteiger partial charge in [0.15, 0.2) is 5.11 Å². The van der Waals surface area contributed by atoms with Gasteiger partial charge in [-0.05, 0) is 67.4 Å². The lowest BCUT2D eigenvalue weighted by molar-refractivity contribution is 0.419. The van der Waals surface area contributed by atoms with E-state index in [1.54, 1.807) is 13.3 Å². The van der Waals surface area contributed by atoms with Crippen LogP contribution in [0.15, 0.2) is 54.7 Å². The number of pyridine rings is 1. The van der Waals surface area contributed by atoms with E-state index in [0.717, 1.165) is 48.4 Å². The van der Waals surface area contributed by atoms with Crippen LogP contribution in [-0.2, 0) is 6.42 Å². The number of methoxy groups -OCH3 is 1. The molecule has 0 spiro atoms. The zero-order valence-electron chi connectivity index (χ0n) is 16.6. The van der Waals surface area contributed by atoms with Crippen molar-refractivity contribution in [2.45, 2.75) is 19.3 Å². The number of fused-ring (bicyclic) bond motifs is 2. The van der Waals surface area contributed by atoms with Crippen LogP contribution >= 0.6 is 12.2 Å². The summed E-state index contributed by atoms with van der Waals surface area (Å²) in [5, 5.41) is 8.24. The maximum atomic E-state index is 5.51. The van der Waals surface area contributed by atoms with Crippen LogP contribution < -0.4 is 20.3 Å². The maximum absolute atomic E-state index is 5.51. The highest BCUT2D eigenvalue weighted by Gasteiger charge is 2.15. The second kappa shape index (κ2) is 9.09. The van der Waals surface area contributed by atoms with E-state index in [4.69, 9.17) is 17.0 Å². The molecular formula is C23H26N4OS. The van der Waals surface area contributed by atoms with Crippen LogP contribution in [0.5, 0.6) is 5.75 Å². The van der Waals surface area contributed by atoms with E-state index >= 15 is 0 Å². The van der Waals surface area contributed by atoms with Gasteiger partial charge in [-0.25, -0.2) is 0 Å². The van der Waals surface area contributed by atoms with Crippen molar-refractivity contribution in [2.24, 2.45) is 0 Å². The fraction of sp³-hybridized carbons (Fsp3) is 0.304. The second-order valence-electron chi connectivity index (χ2n) is 7.17. The minimum atomic E-state index is 0.624. The number of nitrogens with one attached hydrogen (secondary N) is 2. The molecule has 0 radical (unpaired) electrons. The third kappa shape index (κ3) is 4.43. The largest absolute Gasteiger partial charge is 0.494 e. The molecule has 0 aliphatic carbocycles. The number of nitrogens with zero attached hydrogens (tertiary/aromatic N) is 2. The van der Waals surface area contributed by atoms with Crippen molar-refractivity contribution in [1.82, 2.24) is 10.3 Å². The molecule has 0 atom stereocenters. The molecular weight excluding hydrogens is 380 g/mol. The highest BCUT2D eigenvalue weighted by molar-refractivity contribution is 7.80. The lowest BCUT2D eigenvalue weighted by Gasteiger charge is -2.31. The summed E-state index contributed by atoms with van der Waals surface area (Å²) in [6, 6.07) is 16.6. The zero-order chi connectivity index (χ0) is 20.1. The zero-order valence-corrected chi connectivity index (χ0v) is 17.5.